The molecule has 0 saturated carbocycles. The van der Waals surface area contributed by atoms with Crippen molar-refractivity contribution >= 4 is 16.8 Å². The zero-order valence-electron chi connectivity index (χ0n) is 7.41. The van der Waals surface area contributed by atoms with Crippen LogP contribution in [0.25, 0.3) is 11.3 Å². The topological polar surface area (TPSA) is 43.1 Å². The molecule has 1 aromatic heterocycles. The lowest BCUT2D eigenvalue weighted by Gasteiger charge is -1.96. The maximum absolute atomic E-state index is 12.7. The Bertz CT molecular complexity index is 492. The van der Waals surface area contributed by atoms with E-state index in [-0.39, 0.29) is 11.4 Å². The molecule has 15 heavy (non-hydrogen) atoms. The van der Waals surface area contributed by atoms with Crippen molar-refractivity contribution < 1.29 is 13.7 Å². The van der Waals surface area contributed by atoms with Gasteiger partial charge >= 0.3 is 0 Å². The van der Waals surface area contributed by atoms with Gasteiger partial charge in [-0.1, -0.05) is 5.16 Å². The third-order valence-corrected chi connectivity index (χ3v) is 2.10. The minimum Gasteiger partial charge on any atom is -0.363 e. The molecular weight excluding hydrogens is 221 g/mol. The summed E-state index contributed by atoms with van der Waals surface area (Å²) in [5.74, 6) is -0.360. The van der Waals surface area contributed by atoms with E-state index in [1.165, 1.54) is 24.3 Å². The quantitative estimate of drug-likeness (QED) is 0.738. The first-order valence-corrected chi connectivity index (χ1v) is 4.46. The van der Waals surface area contributed by atoms with Crippen LogP contribution in [0.1, 0.15) is 10.4 Å². The highest BCUT2D eigenvalue weighted by Crippen LogP contribution is 2.23. The second kappa shape index (κ2) is 3.82. The van der Waals surface area contributed by atoms with Crippen LogP contribution < -0.4 is 0 Å². The van der Waals surface area contributed by atoms with Gasteiger partial charge in [-0.05, 0) is 35.9 Å². The fourth-order valence-corrected chi connectivity index (χ4v) is 1.33. The predicted octanol–water partition coefficient (Wildman–Crippen LogP) is 2.86. The number of hydrogen-bond acceptors (Lipinski definition) is 3. The molecule has 2 rings (SSSR count). The van der Waals surface area contributed by atoms with E-state index in [1.807, 2.05) is 0 Å². The highest BCUT2D eigenvalue weighted by Gasteiger charge is 2.15. The van der Waals surface area contributed by atoms with E-state index in [4.69, 9.17) is 11.6 Å². The van der Waals surface area contributed by atoms with Crippen molar-refractivity contribution in [3.8, 4) is 11.3 Å². The maximum atomic E-state index is 12.7. The molecule has 0 unspecified atom stereocenters. The summed E-state index contributed by atoms with van der Waals surface area (Å²) in [7, 11) is 0. The van der Waals surface area contributed by atoms with Gasteiger partial charge in [0.1, 0.15) is 23.3 Å². The summed E-state index contributed by atoms with van der Waals surface area (Å²) in [4.78, 5) is 11.0. The van der Waals surface area contributed by atoms with Crippen molar-refractivity contribution in [1.82, 2.24) is 5.16 Å². The van der Waals surface area contributed by atoms with E-state index in [9.17, 15) is 9.18 Å². The second-order valence-electron chi connectivity index (χ2n) is 2.86. The Morgan fingerprint density at radius 1 is 1.33 bits per heavy atom. The molecule has 1 heterocycles. The summed E-state index contributed by atoms with van der Waals surface area (Å²) in [5, 5.41) is 2.98. The van der Waals surface area contributed by atoms with Gasteiger partial charge in [0.2, 0.25) is 0 Å². The summed E-state index contributed by atoms with van der Waals surface area (Å²) in [6.45, 7) is 0. The van der Waals surface area contributed by atoms with Crippen molar-refractivity contribution in [3.63, 3.8) is 0 Å². The summed E-state index contributed by atoms with van der Waals surface area (Å²) in [6.07, 6.45) is 1.16. The van der Waals surface area contributed by atoms with E-state index < -0.39 is 5.24 Å². The molecule has 0 atom stereocenters. The van der Waals surface area contributed by atoms with Crippen LogP contribution in [0.4, 0.5) is 4.39 Å². The van der Waals surface area contributed by atoms with Crippen molar-refractivity contribution in [2.75, 3.05) is 0 Å². The second-order valence-corrected chi connectivity index (χ2v) is 3.20. The Labute approximate surface area is 89.4 Å². The van der Waals surface area contributed by atoms with Crippen LogP contribution in [0, 0.1) is 5.82 Å². The van der Waals surface area contributed by atoms with Crippen LogP contribution in [0.3, 0.4) is 0 Å². The monoisotopic (exact) mass is 225 g/mol. The molecule has 5 heteroatoms. The normalized spacial score (nSPS) is 10.3. The van der Waals surface area contributed by atoms with Gasteiger partial charge in [-0.15, -0.1) is 0 Å². The van der Waals surface area contributed by atoms with Crippen LogP contribution in [0.15, 0.2) is 35.1 Å². The van der Waals surface area contributed by atoms with Crippen molar-refractivity contribution in [2.45, 2.75) is 0 Å². The van der Waals surface area contributed by atoms with Crippen molar-refractivity contribution in [2.24, 2.45) is 0 Å². The summed E-state index contributed by atoms with van der Waals surface area (Å²) < 4.78 is 17.3. The van der Waals surface area contributed by atoms with Gasteiger partial charge in [0.15, 0.2) is 0 Å². The molecule has 76 valence electrons. The smallest absolute Gasteiger partial charge is 0.257 e. The minimum absolute atomic E-state index is 0.170. The molecule has 0 saturated heterocycles. The molecule has 0 fully saturated rings. The highest BCUT2D eigenvalue weighted by atomic mass is 35.5. The Morgan fingerprint density at radius 3 is 2.60 bits per heavy atom. The number of carbonyl (C=O) groups is 1. The number of carbonyl (C=O) groups excluding carboxylic acids is 1. The fraction of sp³-hybridized carbons (Fsp3) is 0. The number of benzene rings is 1. The first-order chi connectivity index (χ1) is 7.18. The van der Waals surface area contributed by atoms with Crippen LogP contribution in [0.5, 0.6) is 0 Å². The van der Waals surface area contributed by atoms with Crippen LogP contribution in [-0.4, -0.2) is 10.4 Å². The summed E-state index contributed by atoms with van der Waals surface area (Å²) >= 11 is 5.32. The lowest BCUT2D eigenvalue weighted by molar-refractivity contribution is 0.108. The Hall–Kier alpha value is -1.68. The molecule has 1 aromatic carbocycles. The van der Waals surface area contributed by atoms with E-state index in [0.717, 1.165) is 6.26 Å². The predicted molar refractivity (Wildman–Crippen MR) is 52.1 cm³/mol. The van der Waals surface area contributed by atoms with Crippen LogP contribution >= 0.6 is 11.6 Å². The molecule has 0 aliphatic carbocycles. The van der Waals surface area contributed by atoms with E-state index in [2.05, 4.69) is 9.68 Å². The summed E-state index contributed by atoms with van der Waals surface area (Å²) in [6, 6.07) is 5.53. The van der Waals surface area contributed by atoms with Crippen molar-refractivity contribution in [1.29, 1.82) is 0 Å². The van der Waals surface area contributed by atoms with Gasteiger partial charge in [-0.3, -0.25) is 4.79 Å². The van der Waals surface area contributed by atoms with Crippen LogP contribution in [-0.2, 0) is 0 Å². The maximum Gasteiger partial charge on any atom is 0.257 e. The van der Waals surface area contributed by atoms with E-state index in [0.29, 0.717) is 11.3 Å². The minimum atomic E-state index is -0.657. The molecule has 0 N–H and O–H groups in total. The number of halogens is 2. The lowest BCUT2D eigenvalue weighted by atomic mass is 10.1. The first kappa shape index (κ1) is 9.86. The Balaban J connectivity index is 2.49. The largest absolute Gasteiger partial charge is 0.363 e. The zero-order valence-corrected chi connectivity index (χ0v) is 8.16. The Kier molecular flexibility index (Phi) is 2.51. The van der Waals surface area contributed by atoms with Gasteiger partial charge in [0.25, 0.3) is 5.24 Å². The third kappa shape index (κ3) is 1.89. The number of rotatable bonds is 2. The lowest BCUT2D eigenvalue weighted by Crippen LogP contribution is -1.90. The summed E-state index contributed by atoms with van der Waals surface area (Å²) in [5.41, 5.74) is 1.06. The van der Waals surface area contributed by atoms with E-state index in [1.54, 1.807) is 0 Å². The molecule has 0 bridgehead atoms. The molecule has 2 aromatic rings. The highest BCUT2D eigenvalue weighted by molar-refractivity contribution is 6.68. The Morgan fingerprint density at radius 2 is 2.00 bits per heavy atom. The molecule has 3 nitrogen and oxygen atoms in total. The van der Waals surface area contributed by atoms with E-state index >= 15 is 0 Å². The van der Waals surface area contributed by atoms with Gasteiger partial charge in [-0.25, -0.2) is 4.39 Å². The third-order valence-electron chi connectivity index (χ3n) is 1.90. The van der Waals surface area contributed by atoms with Gasteiger partial charge < -0.3 is 4.52 Å². The molecule has 0 amide bonds. The average Bonchev–Trinajstić information content (AvgIpc) is 2.67. The fourth-order valence-electron chi connectivity index (χ4n) is 1.19. The van der Waals surface area contributed by atoms with Gasteiger partial charge in [0.05, 0.1) is 0 Å². The van der Waals surface area contributed by atoms with Gasteiger partial charge in [-0.2, -0.15) is 0 Å². The standard InChI is InChI=1S/C10H5ClFNO2/c11-10(14)8-5-15-13-9(8)6-1-3-7(12)4-2-6/h1-5H. The zero-order chi connectivity index (χ0) is 10.8. The van der Waals surface area contributed by atoms with Gasteiger partial charge in [0, 0.05) is 5.56 Å². The molecule has 0 spiro atoms. The SMILES string of the molecule is O=C(Cl)c1conc1-c1ccc(F)cc1. The molecule has 0 aliphatic rings. The van der Waals surface area contributed by atoms with Crippen LogP contribution in [0.2, 0.25) is 0 Å². The number of nitrogens with zero attached hydrogens (tertiary/aromatic N) is 1. The molecule has 0 radical (unpaired) electrons. The molecule has 0 aliphatic heterocycles. The number of aromatic nitrogens is 1. The van der Waals surface area contributed by atoms with Crippen molar-refractivity contribution in [3.05, 3.63) is 41.9 Å². The number of hydrogen-bond donors (Lipinski definition) is 0. The average molecular weight is 226 g/mol. The first-order valence-electron chi connectivity index (χ1n) is 4.08. The molecular formula is C10H5ClFNO2.